The van der Waals surface area contributed by atoms with Gasteiger partial charge in [0.25, 0.3) is 15.9 Å². The molecule has 0 saturated heterocycles. The summed E-state index contributed by atoms with van der Waals surface area (Å²) >= 11 is 6.03. The van der Waals surface area contributed by atoms with Crippen molar-refractivity contribution in [3.05, 3.63) is 88.9 Å². The smallest absolute Gasteiger partial charge is 0.264 e. The quantitative estimate of drug-likeness (QED) is 0.452. The van der Waals surface area contributed by atoms with E-state index >= 15 is 0 Å². The van der Waals surface area contributed by atoms with E-state index in [1.165, 1.54) is 23.5 Å². The van der Waals surface area contributed by atoms with Gasteiger partial charge in [-0.25, -0.2) is 8.42 Å². The number of methoxy groups -OCH3 is 1. The van der Waals surface area contributed by atoms with Gasteiger partial charge < -0.3 is 9.64 Å². The second-order valence-corrected chi connectivity index (χ2v) is 10.4. The predicted octanol–water partition coefficient (Wildman–Crippen LogP) is 4.98. The Balaban J connectivity index is 1.59. The first-order valence-corrected chi connectivity index (χ1v) is 12.4. The maximum Gasteiger partial charge on any atom is 0.264 e. The van der Waals surface area contributed by atoms with Crippen molar-refractivity contribution in [1.82, 2.24) is 4.90 Å². The second kappa shape index (κ2) is 9.45. The van der Waals surface area contributed by atoms with Gasteiger partial charge in [-0.1, -0.05) is 35.9 Å². The van der Waals surface area contributed by atoms with E-state index in [4.69, 9.17) is 16.3 Å². The first-order chi connectivity index (χ1) is 15.8. The Morgan fingerprint density at radius 1 is 1.03 bits per heavy atom. The van der Waals surface area contributed by atoms with Crippen LogP contribution in [0.4, 0.5) is 5.69 Å². The highest BCUT2D eigenvalue weighted by Crippen LogP contribution is 2.31. The number of carbonyl (C=O) groups is 1. The average molecular weight is 485 g/mol. The number of ether oxygens (including phenoxy) is 1. The molecule has 0 heterocycles. The van der Waals surface area contributed by atoms with Crippen LogP contribution >= 0.6 is 11.6 Å². The van der Waals surface area contributed by atoms with E-state index < -0.39 is 10.0 Å². The number of hydrogen-bond acceptors (Lipinski definition) is 4. The van der Waals surface area contributed by atoms with Crippen molar-refractivity contribution >= 4 is 33.2 Å². The lowest BCUT2D eigenvalue weighted by molar-refractivity contribution is 0.0729. The van der Waals surface area contributed by atoms with Crippen LogP contribution in [0.2, 0.25) is 5.02 Å². The molecule has 8 heteroatoms. The van der Waals surface area contributed by atoms with E-state index in [1.54, 1.807) is 43.5 Å². The standard InChI is InChI=1S/C25H25ClN2O4S/c1-27(22-7-4-6-20(26)16-22)33(30,31)24-8-3-5-19(15-24)25(29)28(21-11-12-21)17-18-9-13-23(32-2)14-10-18/h3-10,13-16,21H,11-12,17H2,1-2H3. The van der Waals surface area contributed by atoms with Gasteiger partial charge in [-0.3, -0.25) is 9.10 Å². The van der Waals surface area contributed by atoms with Crippen molar-refractivity contribution in [3.63, 3.8) is 0 Å². The number of nitrogens with zero attached hydrogens (tertiary/aromatic N) is 2. The number of halogens is 1. The van der Waals surface area contributed by atoms with Crippen LogP contribution < -0.4 is 9.04 Å². The van der Waals surface area contributed by atoms with Crippen molar-refractivity contribution in [3.8, 4) is 5.75 Å². The van der Waals surface area contributed by atoms with Gasteiger partial charge >= 0.3 is 0 Å². The molecule has 33 heavy (non-hydrogen) atoms. The minimum atomic E-state index is -3.87. The lowest BCUT2D eigenvalue weighted by atomic mass is 10.1. The summed E-state index contributed by atoms with van der Waals surface area (Å²) in [7, 11) is -0.793. The summed E-state index contributed by atoms with van der Waals surface area (Å²) in [5, 5.41) is 0.442. The third kappa shape index (κ3) is 5.15. The number of sulfonamides is 1. The normalized spacial score (nSPS) is 13.4. The van der Waals surface area contributed by atoms with Crippen LogP contribution in [-0.4, -0.2) is 39.4 Å². The predicted molar refractivity (Wildman–Crippen MR) is 129 cm³/mol. The number of benzene rings is 3. The Bertz CT molecular complexity index is 1260. The Kier molecular flexibility index (Phi) is 6.63. The summed E-state index contributed by atoms with van der Waals surface area (Å²) in [4.78, 5) is 15.3. The molecular formula is C25H25ClN2O4S. The Morgan fingerprint density at radius 2 is 1.73 bits per heavy atom. The fourth-order valence-electron chi connectivity index (χ4n) is 3.60. The van der Waals surface area contributed by atoms with Crippen LogP contribution in [-0.2, 0) is 16.6 Å². The van der Waals surface area contributed by atoms with Crippen molar-refractivity contribution in [1.29, 1.82) is 0 Å². The van der Waals surface area contributed by atoms with Crippen molar-refractivity contribution in [2.45, 2.75) is 30.3 Å². The molecule has 0 radical (unpaired) electrons. The fourth-order valence-corrected chi connectivity index (χ4v) is 5.02. The van der Waals surface area contributed by atoms with Gasteiger partial charge in [0.2, 0.25) is 0 Å². The Labute approximate surface area is 199 Å². The van der Waals surface area contributed by atoms with E-state index in [1.807, 2.05) is 29.2 Å². The zero-order valence-electron chi connectivity index (χ0n) is 18.4. The number of anilines is 1. The molecule has 0 unspecified atom stereocenters. The highest BCUT2D eigenvalue weighted by molar-refractivity contribution is 7.92. The van der Waals surface area contributed by atoms with E-state index in [-0.39, 0.29) is 16.8 Å². The molecular weight excluding hydrogens is 460 g/mol. The van der Waals surface area contributed by atoms with E-state index in [9.17, 15) is 13.2 Å². The molecule has 1 saturated carbocycles. The number of rotatable bonds is 8. The molecule has 0 aromatic heterocycles. The van der Waals surface area contributed by atoms with Crippen LogP contribution in [0.5, 0.6) is 5.75 Å². The molecule has 0 spiro atoms. The average Bonchev–Trinajstić information content (AvgIpc) is 3.67. The SMILES string of the molecule is COc1ccc(CN(C(=O)c2cccc(S(=O)(=O)N(C)c3cccc(Cl)c3)c2)C2CC2)cc1. The lowest BCUT2D eigenvalue weighted by Crippen LogP contribution is -2.33. The van der Waals surface area contributed by atoms with Gasteiger partial charge in [-0.05, 0) is 66.9 Å². The van der Waals surface area contributed by atoms with Crippen LogP contribution in [0.1, 0.15) is 28.8 Å². The van der Waals surface area contributed by atoms with Gasteiger partial charge in [0, 0.05) is 30.2 Å². The van der Waals surface area contributed by atoms with Gasteiger partial charge in [-0.15, -0.1) is 0 Å². The number of hydrogen-bond donors (Lipinski definition) is 0. The van der Waals surface area contributed by atoms with E-state index in [2.05, 4.69) is 0 Å². The summed E-state index contributed by atoms with van der Waals surface area (Å²) in [5.74, 6) is 0.570. The van der Waals surface area contributed by atoms with Crippen molar-refractivity contribution in [2.75, 3.05) is 18.5 Å². The molecule has 1 fully saturated rings. The van der Waals surface area contributed by atoms with Crippen molar-refractivity contribution < 1.29 is 17.9 Å². The molecule has 0 N–H and O–H groups in total. The van der Waals surface area contributed by atoms with Gasteiger partial charge in [0.05, 0.1) is 17.7 Å². The largest absolute Gasteiger partial charge is 0.497 e. The molecule has 0 atom stereocenters. The Morgan fingerprint density at radius 3 is 2.36 bits per heavy atom. The zero-order chi connectivity index (χ0) is 23.6. The molecule has 4 rings (SSSR count). The van der Waals surface area contributed by atoms with Crippen molar-refractivity contribution in [2.24, 2.45) is 0 Å². The minimum Gasteiger partial charge on any atom is -0.497 e. The third-order valence-electron chi connectivity index (χ3n) is 5.67. The summed E-state index contributed by atoms with van der Waals surface area (Å²) in [6, 6.07) is 20.6. The fraction of sp³-hybridized carbons (Fsp3) is 0.240. The second-order valence-electron chi connectivity index (χ2n) is 7.99. The summed E-state index contributed by atoms with van der Waals surface area (Å²) in [6.07, 6.45) is 1.88. The molecule has 3 aromatic rings. The van der Waals surface area contributed by atoms with Gasteiger partial charge in [-0.2, -0.15) is 0 Å². The van der Waals surface area contributed by atoms with Gasteiger partial charge in [0.15, 0.2) is 0 Å². The lowest BCUT2D eigenvalue weighted by Gasteiger charge is -2.24. The summed E-state index contributed by atoms with van der Waals surface area (Å²) < 4.78 is 32.8. The summed E-state index contributed by atoms with van der Waals surface area (Å²) in [6.45, 7) is 0.451. The summed E-state index contributed by atoms with van der Waals surface area (Å²) in [5.41, 5.74) is 1.77. The minimum absolute atomic E-state index is 0.0519. The highest BCUT2D eigenvalue weighted by Gasteiger charge is 2.33. The highest BCUT2D eigenvalue weighted by atomic mass is 35.5. The molecule has 0 aliphatic heterocycles. The molecule has 1 aliphatic rings. The van der Waals surface area contributed by atoms with Crippen LogP contribution in [0.3, 0.4) is 0 Å². The topological polar surface area (TPSA) is 66.9 Å². The van der Waals surface area contributed by atoms with Gasteiger partial charge in [0.1, 0.15) is 5.75 Å². The van der Waals surface area contributed by atoms with E-state index in [0.717, 1.165) is 24.2 Å². The third-order valence-corrected chi connectivity index (χ3v) is 7.69. The Hall–Kier alpha value is -3.03. The molecule has 1 aliphatic carbocycles. The number of carbonyl (C=O) groups excluding carboxylic acids is 1. The first kappa shape index (κ1) is 23.1. The number of amides is 1. The molecule has 1 amide bonds. The molecule has 3 aromatic carbocycles. The van der Waals surface area contributed by atoms with E-state index in [0.29, 0.717) is 22.8 Å². The molecule has 6 nitrogen and oxygen atoms in total. The van der Waals surface area contributed by atoms with Crippen LogP contribution in [0.25, 0.3) is 0 Å². The monoisotopic (exact) mass is 484 g/mol. The maximum absolute atomic E-state index is 13.4. The van der Waals surface area contributed by atoms with Crippen LogP contribution in [0.15, 0.2) is 77.7 Å². The molecule has 0 bridgehead atoms. The van der Waals surface area contributed by atoms with Crippen LogP contribution in [0, 0.1) is 0 Å². The molecule has 172 valence electrons. The zero-order valence-corrected chi connectivity index (χ0v) is 20.0. The first-order valence-electron chi connectivity index (χ1n) is 10.6. The maximum atomic E-state index is 13.4.